The maximum atomic E-state index is 11.0. The zero-order chi connectivity index (χ0) is 11.5. The van der Waals surface area contributed by atoms with E-state index >= 15 is 0 Å². The van der Waals surface area contributed by atoms with E-state index in [1.54, 1.807) is 0 Å². The summed E-state index contributed by atoms with van der Waals surface area (Å²) in [7, 11) is 0. The molecule has 0 aromatic carbocycles. The molecule has 0 aromatic heterocycles. The Morgan fingerprint density at radius 3 is 2.67 bits per heavy atom. The number of unbranched alkanes of at least 4 members (excludes halogenated alkanes) is 2. The first-order valence-corrected chi connectivity index (χ1v) is 6.21. The van der Waals surface area contributed by atoms with Crippen LogP contribution in [0.3, 0.4) is 0 Å². The quantitative estimate of drug-likeness (QED) is 0.492. The van der Waals surface area contributed by atoms with Crippen LogP contribution in [-0.2, 0) is 9.53 Å². The summed E-state index contributed by atoms with van der Waals surface area (Å²) >= 11 is 5.40. The highest BCUT2D eigenvalue weighted by atomic mass is 35.5. The van der Waals surface area contributed by atoms with E-state index in [2.05, 4.69) is 12.2 Å². The van der Waals surface area contributed by atoms with Crippen LogP contribution in [0.1, 0.15) is 39.5 Å². The molecule has 0 aromatic rings. The van der Waals surface area contributed by atoms with Crippen molar-refractivity contribution in [1.29, 1.82) is 0 Å². The van der Waals surface area contributed by atoms with Gasteiger partial charge in [-0.25, -0.2) is 0 Å². The Labute approximate surface area is 97.5 Å². The van der Waals surface area contributed by atoms with Crippen LogP contribution >= 0.6 is 11.6 Å². The number of carbonyl (C=O) groups excluding carboxylic acids is 1. The van der Waals surface area contributed by atoms with Gasteiger partial charge >= 0.3 is 0 Å². The Morgan fingerprint density at radius 2 is 2.13 bits per heavy atom. The third-order valence-electron chi connectivity index (χ3n) is 2.19. The summed E-state index contributed by atoms with van der Waals surface area (Å²) in [5.74, 6) is -0.104. The van der Waals surface area contributed by atoms with Crippen LogP contribution in [0.15, 0.2) is 0 Å². The van der Waals surface area contributed by atoms with Crippen molar-refractivity contribution in [1.82, 2.24) is 5.32 Å². The van der Waals surface area contributed by atoms with Gasteiger partial charge in [0.05, 0.1) is 12.6 Å². The number of halogens is 1. The fraction of sp³-hybridized carbons (Fsp3) is 0.909. The van der Waals surface area contributed by atoms with E-state index < -0.39 is 0 Å². The summed E-state index contributed by atoms with van der Waals surface area (Å²) in [6.45, 7) is 5.55. The van der Waals surface area contributed by atoms with Gasteiger partial charge in [-0.05, 0) is 12.8 Å². The van der Waals surface area contributed by atoms with Gasteiger partial charge in [-0.2, -0.15) is 0 Å². The van der Waals surface area contributed by atoms with Crippen LogP contribution in [-0.4, -0.2) is 31.0 Å². The summed E-state index contributed by atoms with van der Waals surface area (Å²) in [5, 5.41) is 2.81. The highest BCUT2D eigenvalue weighted by Gasteiger charge is 2.08. The highest BCUT2D eigenvalue weighted by Crippen LogP contribution is 1.97. The standard InChI is InChI=1S/C11H22ClNO2/c1-3-5-6-7-15-9-10(4-2)13-11(14)8-12/h10H,3-9H2,1-2H3,(H,13,14). The van der Waals surface area contributed by atoms with E-state index in [1.807, 2.05) is 6.92 Å². The lowest BCUT2D eigenvalue weighted by Gasteiger charge is -2.16. The topological polar surface area (TPSA) is 38.3 Å². The molecule has 0 radical (unpaired) electrons. The van der Waals surface area contributed by atoms with Gasteiger partial charge in [0.15, 0.2) is 0 Å². The van der Waals surface area contributed by atoms with Gasteiger partial charge in [-0.3, -0.25) is 4.79 Å². The van der Waals surface area contributed by atoms with Gasteiger partial charge in [0.2, 0.25) is 5.91 Å². The second kappa shape index (κ2) is 10.2. The highest BCUT2D eigenvalue weighted by molar-refractivity contribution is 6.27. The monoisotopic (exact) mass is 235 g/mol. The molecule has 0 rings (SSSR count). The number of amides is 1. The van der Waals surface area contributed by atoms with Crippen molar-refractivity contribution >= 4 is 17.5 Å². The van der Waals surface area contributed by atoms with Gasteiger partial charge in [-0.1, -0.05) is 26.7 Å². The Kier molecular flexibility index (Phi) is 10.1. The molecule has 1 amide bonds. The van der Waals surface area contributed by atoms with Gasteiger partial charge < -0.3 is 10.1 Å². The largest absolute Gasteiger partial charge is 0.379 e. The van der Waals surface area contributed by atoms with Gasteiger partial charge in [0.25, 0.3) is 0 Å². The Morgan fingerprint density at radius 1 is 1.40 bits per heavy atom. The van der Waals surface area contributed by atoms with Crippen molar-refractivity contribution in [2.75, 3.05) is 19.1 Å². The Hall–Kier alpha value is -0.280. The summed E-state index contributed by atoms with van der Waals surface area (Å²) < 4.78 is 5.48. The lowest BCUT2D eigenvalue weighted by atomic mass is 10.2. The normalized spacial score (nSPS) is 12.5. The molecule has 1 atom stereocenters. The van der Waals surface area contributed by atoms with Crippen molar-refractivity contribution in [3.63, 3.8) is 0 Å². The number of nitrogens with one attached hydrogen (secondary N) is 1. The average Bonchev–Trinajstić information content (AvgIpc) is 2.26. The molecule has 0 saturated carbocycles. The van der Waals surface area contributed by atoms with Crippen molar-refractivity contribution in [2.24, 2.45) is 0 Å². The third kappa shape index (κ3) is 8.70. The van der Waals surface area contributed by atoms with Gasteiger partial charge in [0.1, 0.15) is 5.88 Å². The second-order valence-corrected chi connectivity index (χ2v) is 3.86. The summed E-state index contributed by atoms with van der Waals surface area (Å²) in [4.78, 5) is 11.0. The van der Waals surface area contributed by atoms with Crippen molar-refractivity contribution in [2.45, 2.75) is 45.6 Å². The number of hydrogen-bond donors (Lipinski definition) is 1. The van der Waals surface area contributed by atoms with E-state index in [9.17, 15) is 4.79 Å². The fourth-order valence-corrected chi connectivity index (χ4v) is 1.28. The summed E-state index contributed by atoms with van der Waals surface area (Å²) in [6.07, 6.45) is 4.36. The summed E-state index contributed by atoms with van der Waals surface area (Å²) in [5.41, 5.74) is 0. The molecule has 3 nitrogen and oxygen atoms in total. The fourth-order valence-electron chi connectivity index (χ4n) is 1.21. The number of alkyl halides is 1. The molecule has 4 heteroatoms. The van der Waals surface area contributed by atoms with Crippen molar-refractivity contribution in [3.8, 4) is 0 Å². The first-order valence-electron chi connectivity index (χ1n) is 5.67. The van der Waals surface area contributed by atoms with E-state index in [1.165, 1.54) is 12.8 Å². The Bertz CT molecular complexity index is 165. The first-order chi connectivity index (χ1) is 7.24. The Balaban J connectivity index is 3.48. The number of ether oxygens (including phenoxy) is 1. The van der Waals surface area contributed by atoms with Gasteiger partial charge in [-0.15, -0.1) is 11.6 Å². The van der Waals surface area contributed by atoms with Crippen molar-refractivity contribution < 1.29 is 9.53 Å². The minimum absolute atomic E-state index is 0.0202. The zero-order valence-corrected chi connectivity index (χ0v) is 10.5. The minimum atomic E-state index is -0.124. The maximum Gasteiger partial charge on any atom is 0.235 e. The van der Waals surface area contributed by atoms with Crippen LogP contribution in [0.2, 0.25) is 0 Å². The zero-order valence-electron chi connectivity index (χ0n) is 9.72. The number of rotatable bonds is 9. The average molecular weight is 236 g/mol. The number of carbonyl (C=O) groups is 1. The van der Waals surface area contributed by atoms with Gasteiger partial charge in [0, 0.05) is 6.61 Å². The molecule has 0 bridgehead atoms. The summed E-state index contributed by atoms with van der Waals surface area (Å²) in [6, 6.07) is 0.0953. The lowest BCUT2D eigenvalue weighted by Crippen LogP contribution is -2.38. The number of hydrogen-bond acceptors (Lipinski definition) is 2. The lowest BCUT2D eigenvalue weighted by molar-refractivity contribution is -0.119. The van der Waals surface area contributed by atoms with Crippen LogP contribution in [0.25, 0.3) is 0 Å². The second-order valence-electron chi connectivity index (χ2n) is 3.59. The van der Waals surface area contributed by atoms with Crippen LogP contribution in [0.5, 0.6) is 0 Å². The molecular formula is C11H22ClNO2. The molecule has 1 unspecified atom stereocenters. The minimum Gasteiger partial charge on any atom is -0.379 e. The third-order valence-corrected chi connectivity index (χ3v) is 2.43. The van der Waals surface area contributed by atoms with E-state index in [4.69, 9.17) is 16.3 Å². The molecule has 0 aliphatic rings. The van der Waals surface area contributed by atoms with Crippen LogP contribution < -0.4 is 5.32 Å². The van der Waals surface area contributed by atoms with Crippen LogP contribution in [0.4, 0.5) is 0 Å². The SMILES string of the molecule is CCCCCOCC(CC)NC(=O)CCl. The molecule has 0 fully saturated rings. The molecule has 0 heterocycles. The van der Waals surface area contributed by atoms with E-state index in [-0.39, 0.29) is 17.8 Å². The molecule has 0 saturated heterocycles. The molecular weight excluding hydrogens is 214 g/mol. The molecule has 0 aliphatic carbocycles. The van der Waals surface area contributed by atoms with Crippen molar-refractivity contribution in [3.05, 3.63) is 0 Å². The predicted molar refractivity (Wildman–Crippen MR) is 63.3 cm³/mol. The molecule has 90 valence electrons. The smallest absolute Gasteiger partial charge is 0.235 e. The molecule has 15 heavy (non-hydrogen) atoms. The predicted octanol–water partition coefficient (Wildman–Crippen LogP) is 2.33. The molecule has 0 spiro atoms. The first kappa shape index (κ1) is 14.7. The maximum absolute atomic E-state index is 11.0. The van der Waals surface area contributed by atoms with E-state index in [0.717, 1.165) is 19.4 Å². The van der Waals surface area contributed by atoms with E-state index in [0.29, 0.717) is 6.61 Å². The molecule has 1 N–H and O–H groups in total. The van der Waals surface area contributed by atoms with Crippen LogP contribution in [0, 0.1) is 0 Å². The molecule has 0 aliphatic heterocycles.